The molecule has 8 amide bonds. The molecule has 0 radical (unpaired) electrons. The van der Waals surface area contributed by atoms with Crippen LogP contribution in [0.25, 0.3) is 0 Å². The van der Waals surface area contributed by atoms with Crippen molar-refractivity contribution in [2.24, 2.45) is 5.92 Å². The number of ether oxygens (including phenoxy) is 1. The van der Waals surface area contributed by atoms with E-state index < -0.39 is 53.7 Å². The van der Waals surface area contributed by atoms with Crippen molar-refractivity contribution in [2.45, 2.75) is 96.8 Å². The van der Waals surface area contributed by atoms with E-state index in [9.17, 15) is 68.1 Å². The number of Topliss-reactive ketones (excluding diaryl/α,β-unsaturated/α-hetero) is 2. The Kier molecular flexibility index (Phi) is 21.7. The third-order valence-corrected chi connectivity index (χ3v) is 13.1. The fourth-order valence-electron chi connectivity index (χ4n) is 8.97. The number of ketones is 2. The van der Waals surface area contributed by atoms with Gasteiger partial charge in [-0.15, -0.1) is 0 Å². The maximum atomic E-state index is 12.3. The van der Waals surface area contributed by atoms with Gasteiger partial charge in [0.1, 0.15) is 24.7 Å². The highest BCUT2D eigenvalue weighted by Gasteiger charge is 2.42. The number of aliphatic hydroxyl groups is 4. The zero-order valence-electron chi connectivity index (χ0n) is 42.4. The molecular formula is C54H65N5O16. The van der Waals surface area contributed by atoms with Gasteiger partial charge in [0, 0.05) is 51.4 Å². The number of carbonyl (C=O) groups excluding carboxylic acids is 11. The third kappa shape index (κ3) is 14.9. The Bertz CT molecular complexity index is 2530. The van der Waals surface area contributed by atoms with E-state index in [1.54, 1.807) is 93.6 Å². The highest BCUT2D eigenvalue weighted by molar-refractivity contribution is 6.23. The average Bonchev–Trinajstić information content (AvgIpc) is 4.16. The number of esters is 1. The molecule has 5 aliphatic rings. The summed E-state index contributed by atoms with van der Waals surface area (Å²) >= 11 is 0. The van der Waals surface area contributed by atoms with Crippen LogP contribution in [-0.4, -0.2) is 187 Å². The van der Waals surface area contributed by atoms with Gasteiger partial charge in [-0.1, -0.05) is 42.8 Å². The van der Waals surface area contributed by atoms with Gasteiger partial charge in [0.2, 0.25) is 11.8 Å². The monoisotopic (exact) mass is 1040 g/mol. The predicted octanol–water partition coefficient (Wildman–Crippen LogP) is 2.46. The Morgan fingerprint density at radius 3 is 1.35 bits per heavy atom. The third-order valence-electron chi connectivity index (χ3n) is 13.1. The summed E-state index contributed by atoms with van der Waals surface area (Å²) in [6.07, 6.45) is 4.34. The van der Waals surface area contributed by atoms with Crippen molar-refractivity contribution in [3.8, 4) is 0 Å². The number of nitrogens with zero attached hydrogens (tertiary/aromatic N) is 5. The molecule has 0 bridgehead atoms. The first kappa shape index (κ1) is 58.6. The molecule has 8 rings (SSSR count). The van der Waals surface area contributed by atoms with Crippen molar-refractivity contribution < 1.29 is 77.9 Å². The maximum absolute atomic E-state index is 12.3. The van der Waals surface area contributed by atoms with Crippen LogP contribution in [0, 0.1) is 5.92 Å². The van der Waals surface area contributed by atoms with Crippen molar-refractivity contribution in [2.75, 3.05) is 59.1 Å². The van der Waals surface area contributed by atoms with Crippen LogP contribution >= 0.6 is 0 Å². The number of hydrogen-bond donors (Lipinski definition) is 4. The summed E-state index contributed by atoms with van der Waals surface area (Å²) in [5, 5.41) is 37.8. The van der Waals surface area contributed by atoms with Crippen molar-refractivity contribution >= 4 is 64.8 Å². The molecule has 3 aromatic rings. The number of likely N-dealkylation sites (tertiary alicyclic amines) is 2. The smallest absolute Gasteiger partial charge is 0.305 e. The van der Waals surface area contributed by atoms with Gasteiger partial charge in [0.05, 0.1) is 71.5 Å². The summed E-state index contributed by atoms with van der Waals surface area (Å²) < 4.78 is 4.73. The van der Waals surface area contributed by atoms with Gasteiger partial charge in [-0.25, -0.2) is 0 Å². The average molecular weight is 1040 g/mol. The van der Waals surface area contributed by atoms with E-state index in [0.717, 1.165) is 41.9 Å². The molecule has 4 atom stereocenters. The SMILES string of the molecule is CC(=O)CCCCCN1C(=O)c2ccccc2C1=O.CCOC(=O)CCCCC(C)=O.O=C(CN1C(=O)c2ccccc2C1=O)N1C[C@@H](CO)[C@@H](O)C1.O=C1c2ccccc2C(=O)N1CC(=O)N1CC[C@@H](O)[C@H]1CO. The van der Waals surface area contributed by atoms with E-state index in [1.165, 1.54) is 14.7 Å². The molecule has 21 nitrogen and oxygen atoms in total. The molecule has 0 spiro atoms. The maximum Gasteiger partial charge on any atom is 0.305 e. The lowest BCUT2D eigenvalue weighted by molar-refractivity contribution is -0.143. The van der Waals surface area contributed by atoms with E-state index in [4.69, 9.17) is 9.84 Å². The zero-order valence-corrected chi connectivity index (χ0v) is 42.4. The minimum Gasteiger partial charge on any atom is -0.466 e. The van der Waals surface area contributed by atoms with Gasteiger partial charge in [0.15, 0.2) is 0 Å². The Balaban J connectivity index is 0.000000189. The van der Waals surface area contributed by atoms with E-state index in [0.29, 0.717) is 78.8 Å². The number of benzene rings is 3. The van der Waals surface area contributed by atoms with E-state index in [2.05, 4.69) is 0 Å². The number of unbranched alkanes of at least 4 members (excludes halogenated alkanes) is 3. The molecule has 0 saturated carbocycles. The van der Waals surface area contributed by atoms with Gasteiger partial charge >= 0.3 is 5.97 Å². The number of imide groups is 3. The van der Waals surface area contributed by atoms with Crippen LogP contribution in [0.15, 0.2) is 72.8 Å². The van der Waals surface area contributed by atoms with Gasteiger partial charge in [-0.05, 0) is 89.3 Å². The number of rotatable bonds is 18. The standard InChI is InChI=1S/2C15H16N2O5.C15H17NO3.C9H16O3/c18-8-9-5-16(6-12(9)19)13(20)7-17-14(21)10-3-1-2-4-11(10)15(17)22;18-8-11-12(19)5-6-16(11)13(20)7-17-14(21)9-3-1-2-4-10(9)15(17)22;1-11(17)7-3-2-6-10-16-14(18)12-8-4-5-9-13(12)15(16)19;1-3-12-9(11)7-5-4-6-8(2)10/h1-4,9,12,18-19H,5-8H2;1-4,11-12,18-19H,5-8H2;4-5,8-9H,2-3,6-7,10H2,1H3;3-7H2,1-2H3/t9-,12-;11-,12-;;/m01../s1. The Hall–Kier alpha value is -7.33. The summed E-state index contributed by atoms with van der Waals surface area (Å²) in [6, 6.07) is 19.1. The van der Waals surface area contributed by atoms with Gasteiger partial charge in [-0.2, -0.15) is 0 Å². The molecule has 0 unspecified atom stereocenters. The Morgan fingerprint density at radius 2 is 0.947 bits per heavy atom. The molecule has 5 aliphatic heterocycles. The lowest BCUT2D eigenvalue weighted by atomic mass is 10.1. The summed E-state index contributed by atoms with van der Waals surface area (Å²) in [7, 11) is 0. The second-order valence-corrected chi connectivity index (χ2v) is 18.5. The lowest BCUT2D eigenvalue weighted by Gasteiger charge is -2.26. The molecular weight excluding hydrogens is 975 g/mol. The fraction of sp³-hybridized carbons (Fsp3) is 0.463. The quantitative estimate of drug-likeness (QED) is 0.0808. The van der Waals surface area contributed by atoms with Gasteiger partial charge < -0.3 is 44.6 Å². The zero-order chi connectivity index (χ0) is 54.9. The molecule has 3 aromatic carbocycles. The van der Waals surface area contributed by atoms with E-state index in [1.807, 2.05) is 0 Å². The second-order valence-electron chi connectivity index (χ2n) is 18.5. The molecule has 0 aliphatic carbocycles. The van der Waals surface area contributed by atoms with Crippen LogP contribution < -0.4 is 0 Å². The molecule has 2 fully saturated rings. The topological polar surface area (TPSA) is 294 Å². The van der Waals surface area contributed by atoms with Crippen LogP contribution in [0.5, 0.6) is 0 Å². The largest absolute Gasteiger partial charge is 0.466 e. The minimum absolute atomic E-state index is 0.104. The number of fused-ring (bicyclic) bond motifs is 3. The second kappa shape index (κ2) is 27.8. The van der Waals surface area contributed by atoms with Crippen molar-refractivity contribution in [1.82, 2.24) is 24.5 Å². The van der Waals surface area contributed by atoms with Gasteiger partial charge in [0.25, 0.3) is 35.4 Å². The normalized spacial score (nSPS) is 19.2. The number of aliphatic hydroxyl groups excluding tert-OH is 4. The summed E-state index contributed by atoms with van der Waals surface area (Å²) in [4.78, 5) is 135. The fourth-order valence-corrected chi connectivity index (χ4v) is 8.97. The van der Waals surface area contributed by atoms with Crippen LogP contribution in [0.4, 0.5) is 0 Å². The van der Waals surface area contributed by atoms with E-state index in [-0.39, 0.29) is 74.7 Å². The number of β-amino-alcohol motifs (C(OH)–C–C–N with tert-alkyl or cyclic N) is 1. The predicted molar refractivity (Wildman–Crippen MR) is 267 cm³/mol. The van der Waals surface area contributed by atoms with Crippen LogP contribution in [0.3, 0.4) is 0 Å². The first-order chi connectivity index (χ1) is 35.8. The van der Waals surface area contributed by atoms with Crippen molar-refractivity contribution in [3.05, 3.63) is 106 Å². The van der Waals surface area contributed by atoms with Gasteiger partial charge in [-0.3, -0.25) is 57.9 Å². The summed E-state index contributed by atoms with van der Waals surface area (Å²) in [5.41, 5.74) is 2.18. The van der Waals surface area contributed by atoms with Crippen LogP contribution in [0.2, 0.25) is 0 Å². The Morgan fingerprint density at radius 1 is 0.533 bits per heavy atom. The number of hydrogen-bond acceptors (Lipinski definition) is 16. The summed E-state index contributed by atoms with van der Waals surface area (Å²) in [6.45, 7) is 5.12. The molecule has 75 heavy (non-hydrogen) atoms. The molecule has 0 aromatic heterocycles. The van der Waals surface area contributed by atoms with Crippen molar-refractivity contribution in [3.63, 3.8) is 0 Å². The molecule has 4 N–H and O–H groups in total. The number of carbonyl (C=O) groups is 11. The first-order valence-electron chi connectivity index (χ1n) is 25.0. The first-order valence-corrected chi connectivity index (χ1v) is 25.0. The van der Waals surface area contributed by atoms with Crippen molar-refractivity contribution in [1.29, 1.82) is 0 Å². The minimum atomic E-state index is -0.781. The molecule has 2 saturated heterocycles. The van der Waals surface area contributed by atoms with Crippen LogP contribution in [0.1, 0.15) is 141 Å². The highest BCUT2D eigenvalue weighted by Crippen LogP contribution is 2.26. The lowest BCUT2D eigenvalue weighted by Crippen LogP contribution is -2.47. The summed E-state index contributed by atoms with van der Waals surface area (Å²) in [5.74, 6) is -3.40. The number of amides is 8. The molecule has 5 heterocycles. The Labute approximate surface area is 434 Å². The van der Waals surface area contributed by atoms with Crippen LogP contribution in [-0.2, 0) is 28.7 Å². The molecule has 21 heteroatoms. The molecule has 402 valence electrons. The highest BCUT2D eigenvalue weighted by atomic mass is 16.5. The van der Waals surface area contributed by atoms with E-state index >= 15 is 0 Å².